The number of aromatic nitrogens is 2. The molecule has 1 aromatic heterocycles. The fourth-order valence-electron chi connectivity index (χ4n) is 1.48. The number of ether oxygens (including phenoxy) is 1. The van der Waals surface area contributed by atoms with Gasteiger partial charge in [0.2, 0.25) is 0 Å². The number of anilines is 3. The van der Waals surface area contributed by atoms with Crippen molar-refractivity contribution in [2.24, 2.45) is 0 Å². The average Bonchev–Trinajstić information content (AvgIpc) is 2.40. The van der Waals surface area contributed by atoms with E-state index in [0.717, 1.165) is 5.69 Å². The van der Waals surface area contributed by atoms with Gasteiger partial charge < -0.3 is 15.8 Å². The summed E-state index contributed by atoms with van der Waals surface area (Å²) < 4.78 is 5.16. The number of halogens is 1. The molecular weight excluding hydrogens is 284 g/mol. The van der Waals surface area contributed by atoms with Crippen LogP contribution in [0, 0.1) is 0 Å². The Hall–Kier alpha value is -1.66. The van der Waals surface area contributed by atoms with Gasteiger partial charge in [-0.05, 0) is 18.4 Å². The summed E-state index contributed by atoms with van der Waals surface area (Å²) in [5.41, 5.74) is 6.53. The van der Waals surface area contributed by atoms with Gasteiger partial charge in [-0.1, -0.05) is 23.4 Å². The highest BCUT2D eigenvalue weighted by Crippen LogP contribution is 2.29. The van der Waals surface area contributed by atoms with Crippen LogP contribution in [0.5, 0.6) is 5.75 Å². The number of nitrogens with two attached hydrogens (primary N) is 1. The molecule has 5 nitrogen and oxygen atoms in total. The maximum Gasteiger partial charge on any atom is 0.191 e. The number of nitrogen functional groups attached to an aromatic ring is 1. The van der Waals surface area contributed by atoms with Crippen molar-refractivity contribution >= 4 is 40.7 Å². The lowest BCUT2D eigenvalue weighted by Gasteiger charge is -2.09. The van der Waals surface area contributed by atoms with Crippen molar-refractivity contribution < 1.29 is 4.74 Å². The highest BCUT2D eigenvalue weighted by Gasteiger charge is 2.05. The van der Waals surface area contributed by atoms with E-state index in [9.17, 15) is 0 Å². The molecule has 0 aliphatic heterocycles. The number of hydrogen-bond donors (Lipinski definition) is 2. The Bertz CT molecular complexity index is 594. The van der Waals surface area contributed by atoms with E-state index in [1.54, 1.807) is 25.3 Å². The molecule has 19 heavy (non-hydrogen) atoms. The first-order chi connectivity index (χ1) is 9.12. The molecule has 2 rings (SSSR count). The monoisotopic (exact) mass is 296 g/mol. The van der Waals surface area contributed by atoms with Gasteiger partial charge in [0.1, 0.15) is 17.4 Å². The number of thioether (sulfide) groups is 1. The van der Waals surface area contributed by atoms with Crippen LogP contribution in [-0.4, -0.2) is 23.3 Å². The minimum Gasteiger partial charge on any atom is -0.495 e. The predicted octanol–water partition coefficient (Wildman–Crippen LogP) is 3.19. The summed E-state index contributed by atoms with van der Waals surface area (Å²) in [5.74, 6) is 1.64. The number of nitrogens with one attached hydrogen (secondary N) is 1. The first kappa shape index (κ1) is 13.8. The lowest BCUT2D eigenvalue weighted by molar-refractivity contribution is 0.415. The highest BCUT2D eigenvalue weighted by molar-refractivity contribution is 7.98. The zero-order valence-corrected chi connectivity index (χ0v) is 12.0. The second kappa shape index (κ2) is 5.99. The molecule has 0 bridgehead atoms. The Morgan fingerprint density at radius 2 is 2.11 bits per heavy atom. The number of benzene rings is 1. The molecule has 3 N–H and O–H groups in total. The molecule has 0 aliphatic carbocycles. The Labute approximate surface area is 120 Å². The van der Waals surface area contributed by atoms with Gasteiger partial charge in [-0.3, -0.25) is 0 Å². The molecule has 100 valence electrons. The van der Waals surface area contributed by atoms with Crippen LogP contribution in [0.25, 0.3) is 0 Å². The van der Waals surface area contributed by atoms with E-state index < -0.39 is 0 Å². The fourth-order valence-corrected chi connectivity index (χ4v) is 2.06. The Kier molecular flexibility index (Phi) is 4.34. The maximum absolute atomic E-state index is 5.97. The molecule has 0 spiro atoms. The van der Waals surface area contributed by atoms with Gasteiger partial charge in [0, 0.05) is 17.8 Å². The highest BCUT2D eigenvalue weighted by atomic mass is 35.5. The SMILES string of the molecule is COc1cc(Nc2cc(N)nc(SC)n2)ccc1Cl. The molecule has 0 fully saturated rings. The molecule has 7 heteroatoms. The Morgan fingerprint density at radius 3 is 2.79 bits per heavy atom. The average molecular weight is 297 g/mol. The van der Waals surface area contributed by atoms with Crippen molar-refractivity contribution in [2.75, 3.05) is 24.4 Å². The van der Waals surface area contributed by atoms with Crippen molar-refractivity contribution in [3.05, 3.63) is 29.3 Å². The molecule has 0 radical (unpaired) electrons. The molecule has 0 aliphatic rings. The Balaban J connectivity index is 2.28. The van der Waals surface area contributed by atoms with Crippen molar-refractivity contribution in [1.82, 2.24) is 9.97 Å². The number of methoxy groups -OCH3 is 1. The van der Waals surface area contributed by atoms with Crippen LogP contribution in [0.2, 0.25) is 5.02 Å². The smallest absolute Gasteiger partial charge is 0.191 e. The van der Waals surface area contributed by atoms with Crippen LogP contribution < -0.4 is 15.8 Å². The second-order valence-corrected chi connectivity index (χ2v) is 4.82. The van der Waals surface area contributed by atoms with Crippen molar-refractivity contribution in [1.29, 1.82) is 0 Å². The minimum absolute atomic E-state index is 0.419. The molecule has 0 amide bonds. The molecule has 1 heterocycles. The van der Waals surface area contributed by atoms with Gasteiger partial charge in [0.25, 0.3) is 0 Å². The van der Waals surface area contributed by atoms with E-state index in [1.807, 2.05) is 12.3 Å². The lowest BCUT2D eigenvalue weighted by Crippen LogP contribution is -2.00. The largest absolute Gasteiger partial charge is 0.495 e. The molecule has 2 aromatic rings. The van der Waals surface area contributed by atoms with Crippen molar-refractivity contribution in [2.45, 2.75) is 5.16 Å². The number of rotatable bonds is 4. The Morgan fingerprint density at radius 1 is 1.32 bits per heavy atom. The third-order valence-electron chi connectivity index (χ3n) is 2.33. The number of hydrogen-bond acceptors (Lipinski definition) is 6. The van der Waals surface area contributed by atoms with Crippen molar-refractivity contribution in [3.63, 3.8) is 0 Å². The maximum atomic E-state index is 5.97. The van der Waals surface area contributed by atoms with E-state index in [2.05, 4.69) is 15.3 Å². The lowest BCUT2D eigenvalue weighted by atomic mass is 10.3. The molecule has 0 unspecified atom stereocenters. The fraction of sp³-hybridized carbons (Fsp3) is 0.167. The minimum atomic E-state index is 0.419. The summed E-state index contributed by atoms with van der Waals surface area (Å²) in [5, 5.41) is 4.31. The van der Waals surface area contributed by atoms with Crippen LogP contribution in [0.15, 0.2) is 29.4 Å². The van der Waals surface area contributed by atoms with Gasteiger partial charge in [-0.25, -0.2) is 9.97 Å². The molecular formula is C12H13ClN4OS. The first-order valence-corrected chi connectivity index (χ1v) is 7.01. The van der Waals surface area contributed by atoms with Crippen LogP contribution in [-0.2, 0) is 0 Å². The standard InChI is InChI=1S/C12H13ClN4OS/c1-18-9-5-7(3-4-8(9)13)15-11-6-10(14)16-12(17-11)19-2/h3-6H,1-2H3,(H3,14,15,16,17). The summed E-state index contributed by atoms with van der Waals surface area (Å²) in [7, 11) is 1.57. The van der Waals surface area contributed by atoms with Crippen LogP contribution in [0.4, 0.5) is 17.3 Å². The summed E-state index contributed by atoms with van der Waals surface area (Å²) in [6.07, 6.45) is 1.89. The van der Waals surface area contributed by atoms with Gasteiger partial charge in [0.05, 0.1) is 12.1 Å². The van der Waals surface area contributed by atoms with E-state index in [0.29, 0.717) is 27.6 Å². The summed E-state index contributed by atoms with van der Waals surface area (Å²) in [6, 6.07) is 7.05. The first-order valence-electron chi connectivity index (χ1n) is 5.41. The quantitative estimate of drug-likeness (QED) is 0.667. The normalized spacial score (nSPS) is 10.3. The molecule has 0 saturated carbocycles. The van der Waals surface area contributed by atoms with Gasteiger partial charge in [-0.15, -0.1) is 0 Å². The second-order valence-electron chi connectivity index (χ2n) is 3.64. The topological polar surface area (TPSA) is 73.1 Å². The third kappa shape index (κ3) is 3.42. The van der Waals surface area contributed by atoms with E-state index >= 15 is 0 Å². The van der Waals surface area contributed by atoms with Crippen molar-refractivity contribution in [3.8, 4) is 5.75 Å². The summed E-state index contributed by atoms with van der Waals surface area (Å²) >= 11 is 7.40. The molecule has 0 atom stereocenters. The van der Waals surface area contributed by atoms with Crippen LogP contribution >= 0.6 is 23.4 Å². The van der Waals surface area contributed by atoms with E-state index in [4.69, 9.17) is 22.1 Å². The van der Waals surface area contributed by atoms with Crippen LogP contribution in [0.3, 0.4) is 0 Å². The third-order valence-corrected chi connectivity index (χ3v) is 3.19. The van der Waals surface area contributed by atoms with Crippen LogP contribution in [0.1, 0.15) is 0 Å². The van der Waals surface area contributed by atoms with E-state index in [-0.39, 0.29) is 0 Å². The van der Waals surface area contributed by atoms with E-state index in [1.165, 1.54) is 11.8 Å². The summed E-state index contributed by atoms with van der Waals surface area (Å²) in [4.78, 5) is 8.40. The molecule has 0 saturated heterocycles. The summed E-state index contributed by atoms with van der Waals surface area (Å²) in [6.45, 7) is 0. The van der Waals surface area contributed by atoms with Gasteiger partial charge in [-0.2, -0.15) is 0 Å². The van der Waals surface area contributed by atoms with Gasteiger partial charge in [0.15, 0.2) is 5.16 Å². The number of nitrogens with zero attached hydrogens (tertiary/aromatic N) is 2. The zero-order valence-electron chi connectivity index (χ0n) is 10.5. The zero-order chi connectivity index (χ0) is 13.8. The predicted molar refractivity (Wildman–Crippen MR) is 79.5 cm³/mol. The molecule has 1 aromatic carbocycles. The van der Waals surface area contributed by atoms with Gasteiger partial charge >= 0.3 is 0 Å².